The number of carbonyl (C=O) groups excluding carboxylic acids is 3. The fourth-order valence-electron chi connectivity index (χ4n) is 6.92. The van der Waals surface area contributed by atoms with Crippen LogP contribution in [-0.2, 0) is 39.5 Å². The van der Waals surface area contributed by atoms with Crippen LogP contribution in [0.5, 0.6) is 0 Å². The predicted molar refractivity (Wildman–Crippen MR) is 175 cm³/mol. The number of nitro groups is 1. The first-order valence-corrected chi connectivity index (χ1v) is 16.0. The number of hydrogen-bond donors (Lipinski definition) is 2. The second-order valence-electron chi connectivity index (χ2n) is 12.5. The van der Waals surface area contributed by atoms with Gasteiger partial charge in [-0.25, -0.2) is 0 Å². The van der Waals surface area contributed by atoms with Crippen molar-refractivity contribution in [3.63, 3.8) is 0 Å². The highest BCUT2D eigenvalue weighted by atomic mass is 16.6. The van der Waals surface area contributed by atoms with Crippen LogP contribution in [0.3, 0.4) is 0 Å². The zero-order chi connectivity index (χ0) is 33.3. The summed E-state index contributed by atoms with van der Waals surface area (Å²) in [5, 5.41) is 33.7. The Balaban J connectivity index is 1.21. The van der Waals surface area contributed by atoms with E-state index >= 15 is 0 Å². The number of nitrogens with zero attached hydrogens (tertiary/aromatic N) is 4. The summed E-state index contributed by atoms with van der Waals surface area (Å²) in [6.45, 7) is 2.62. The summed E-state index contributed by atoms with van der Waals surface area (Å²) in [4.78, 5) is 55.6. The van der Waals surface area contributed by atoms with Crippen LogP contribution in [0.2, 0.25) is 0 Å². The Morgan fingerprint density at radius 1 is 1.09 bits per heavy atom. The average molecular weight is 639 g/mol. The first-order valence-electron chi connectivity index (χ1n) is 16.0. The molecule has 0 radical (unpaired) electrons. The molecule has 3 amide bonds. The van der Waals surface area contributed by atoms with Gasteiger partial charge in [-0.15, -0.1) is 0 Å². The SMILES string of the molecule is C[C@@H](/C=C/CC(=O)N1Cc2ccccc2C[C@H]1CO)[C@]1(O)C(=O)N(Cc2ccc(N3CCCCC3=O)cc2)c2ccc([N+](=O)[O-])cc21. The zero-order valence-electron chi connectivity index (χ0n) is 26.2. The van der Waals surface area contributed by atoms with E-state index in [9.17, 15) is 34.7 Å². The number of fused-ring (bicyclic) bond motifs is 2. The molecule has 0 unspecified atom stereocenters. The summed E-state index contributed by atoms with van der Waals surface area (Å²) in [6.07, 6.45) is 6.08. The molecule has 3 heterocycles. The summed E-state index contributed by atoms with van der Waals surface area (Å²) in [5.74, 6) is -1.58. The molecule has 0 spiro atoms. The lowest BCUT2D eigenvalue weighted by atomic mass is 9.82. The monoisotopic (exact) mass is 638 g/mol. The highest BCUT2D eigenvalue weighted by Gasteiger charge is 2.53. The Kier molecular flexibility index (Phi) is 8.94. The van der Waals surface area contributed by atoms with E-state index in [1.807, 2.05) is 48.5 Å². The number of non-ortho nitro benzene ring substituents is 1. The molecule has 0 aromatic heterocycles. The van der Waals surface area contributed by atoms with Gasteiger partial charge >= 0.3 is 0 Å². The number of rotatable bonds is 9. The fourth-order valence-corrected chi connectivity index (χ4v) is 6.92. The maximum Gasteiger partial charge on any atom is 0.269 e. The van der Waals surface area contributed by atoms with Crippen molar-refractivity contribution in [1.82, 2.24) is 4.90 Å². The molecule has 0 saturated carbocycles. The van der Waals surface area contributed by atoms with Crippen molar-refractivity contribution in [2.24, 2.45) is 5.92 Å². The lowest BCUT2D eigenvalue weighted by molar-refractivity contribution is -0.385. The third-order valence-corrected chi connectivity index (χ3v) is 9.64. The predicted octanol–water partition coefficient (Wildman–Crippen LogP) is 4.37. The van der Waals surface area contributed by atoms with Crippen LogP contribution in [-0.4, -0.2) is 57.0 Å². The molecule has 1 fully saturated rings. The lowest BCUT2D eigenvalue weighted by Crippen LogP contribution is -2.46. The maximum absolute atomic E-state index is 14.0. The van der Waals surface area contributed by atoms with Crippen molar-refractivity contribution in [2.75, 3.05) is 23.0 Å². The number of nitro benzene ring substituents is 1. The van der Waals surface area contributed by atoms with Gasteiger partial charge in [0.1, 0.15) is 0 Å². The molecule has 3 aromatic carbocycles. The Labute approximate surface area is 272 Å². The normalized spacial score (nSPS) is 21.6. The van der Waals surface area contributed by atoms with Crippen molar-refractivity contribution in [3.05, 3.63) is 111 Å². The Hall–Kier alpha value is -4.87. The van der Waals surface area contributed by atoms with Crippen LogP contribution in [0.4, 0.5) is 17.1 Å². The molecule has 11 nitrogen and oxygen atoms in total. The summed E-state index contributed by atoms with van der Waals surface area (Å²) in [7, 11) is 0. The number of piperidine rings is 1. The highest BCUT2D eigenvalue weighted by molar-refractivity contribution is 6.07. The van der Waals surface area contributed by atoms with E-state index in [1.54, 1.807) is 28.9 Å². The van der Waals surface area contributed by atoms with E-state index in [2.05, 4.69) is 0 Å². The smallest absolute Gasteiger partial charge is 0.269 e. The summed E-state index contributed by atoms with van der Waals surface area (Å²) < 4.78 is 0. The standard InChI is InChI=1S/C36H38N4O7/c1-24(7-6-11-34(43)38-22-27-9-3-2-8-26(27)19-30(38)23-41)36(45)31-20-29(40(46)47)16-17-32(31)39(35(36)44)21-25-12-14-28(15-13-25)37-18-5-4-10-33(37)42/h2-3,6-9,12-17,20,24,30,41,45H,4-5,10-11,18-19,21-23H2,1H3/b7-6+/t24-,30-,36+/m0/s1. The molecule has 11 heteroatoms. The number of benzene rings is 3. The minimum atomic E-state index is -2.11. The van der Waals surface area contributed by atoms with E-state index < -0.39 is 22.3 Å². The topological polar surface area (TPSA) is 145 Å². The number of carbonyl (C=O) groups is 3. The van der Waals surface area contributed by atoms with Gasteiger partial charge in [0.05, 0.1) is 29.8 Å². The molecule has 3 aliphatic heterocycles. The largest absolute Gasteiger partial charge is 0.394 e. The highest BCUT2D eigenvalue weighted by Crippen LogP contribution is 2.47. The van der Waals surface area contributed by atoms with Gasteiger partial charge in [-0.3, -0.25) is 24.5 Å². The van der Waals surface area contributed by atoms with Gasteiger partial charge in [0.2, 0.25) is 11.8 Å². The summed E-state index contributed by atoms with van der Waals surface area (Å²) in [5.41, 5.74) is 1.81. The van der Waals surface area contributed by atoms with E-state index in [0.29, 0.717) is 31.6 Å². The number of amides is 3. The van der Waals surface area contributed by atoms with Crippen molar-refractivity contribution in [3.8, 4) is 0 Å². The van der Waals surface area contributed by atoms with Gasteiger partial charge in [0.15, 0.2) is 5.60 Å². The first-order chi connectivity index (χ1) is 22.6. The van der Waals surface area contributed by atoms with Gasteiger partial charge in [-0.05, 0) is 54.2 Å². The Morgan fingerprint density at radius 3 is 2.53 bits per heavy atom. The van der Waals surface area contributed by atoms with Crippen molar-refractivity contribution >= 4 is 34.8 Å². The van der Waals surface area contributed by atoms with Gasteiger partial charge in [-0.1, -0.05) is 55.5 Å². The summed E-state index contributed by atoms with van der Waals surface area (Å²) >= 11 is 0. The van der Waals surface area contributed by atoms with Crippen molar-refractivity contribution in [2.45, 2.75) is 63.8 Å². The maximum atomic E-state index is 14.0. The molecule has 2 N–H and O–H groups in total. The molecule has 244 valence electrons. The lowest BCUT2D eigenvalue weighted by Gasteiger charge is -2.36. The molecular weight excluding hydrogens is 600 g/mol. The van der Waals surface area contributed by atoms with E-state index in [0.717, 1.165) is 35.2 Å². The Morgan fingerprint density at radius 2 is 1.83 bits per heavy atom. The zero-order valence-corrected chi connectivity index (χ0v) is 26.2. The molecule has 3 atom stereocenters. The van der Waals surface area contributed by atoms with Crippen LogP contribution in [0.25, 0.3) is 0 Å². The van der Waals surface area contributed by atoms with Crippen LogP contribution >= 0.6 is 0 Å². The molecule has 0 bridgehead atoms. The molecule has 3 aromatic rings. The van der Waals surface area contributed by atoms with Gasteiger partial charge in [0.25, 0.3) is 11.6 Å². The average Bonchev–Trinajstić information content (AvgIpc) is 3.30. The quantitative estimate of drug-likeness (QED) is 0.201. The van der Waals surface area contributed by atoms with Crippen molar-refractivity contribution in [1.29, 1.82) is 0 Å². The molecule has 47 heavy (non-hydrogen) atoms. The van der Waals surface area contributed by atoms with Gasteiger partial charge in [-0.2, -0.15) is 0 Å². The molecule has 6 rings (SSSR count). The number of aliphatic hydroxyl groups excluding tert-OH is 1. The van der Waals surface area contributed by atoms with E-state index in [1.165, 1.54) is 23.1 Å². The number of aliphatic hydroxyl groups is 2. The fraction of sp³-hybridized carbons (Fsp3) is 0.361. The van der Waals surface area contributed by atoms with Crippen LogP contribution in [0.1, 0.15) is 54.9 Å². The van der Waals surface area contributed by atoms with Crippen LogP contribution in [0, 0.1) is 16.0 Å². The molecule has 3 aliphatic rings. The molecular formula is C36H38N4O7. The minimum Gasteiger partial charge on any atom is -0.394 e. The van der Waals surface area contributed by atoms with Gasteiger partial charge in [0, 0.05) is 55.2 Å². The van der Waals surface area contributed by atoms with Gasteiger partial charge < -0.3 is 24.9 Å². The number of hydrogen-bond acceptors (Lipinski definition) is 7. The Bertz CT molecular complexity index is 1740. The van der Waals surface area contributed by atoms with Crippen LogP contribution < -0.4 is 9.80 Å². The van der Waals surface area contributed by atoms with Crippen LogP contribution in [0.15, 0.2) is 78.9 Å². The molecule has 1 saturated heterocycles. The summed E-state index contributed by atoms with van der Waals surface area (Å²) in [6, 6.07) is 18.8. The van der Waals surface area contributed by atoms with Crippen molar-refractivity contribution < 1.29 is 29.5 Å². The van der Waals surface area contributed by atoms with E-state index in [4.69, 9.17) is 0 Å². The minimum absolute atomic E-state index is 0.00927. The second kappa shape index (κ2) is 13.1. The third kappa shape index (κ3) is 6.04. The second-order valence-corrected chi connectivity index (χ2v) is 12.5. The van der Waals surface area contributed by atoms with E-state index in [-0.39, 0.29) is 48.7 Å². The third-order valence-electron chi connectivity index (χ3n) is 9.64. The molecule has 0 aliphatic carbocycles. The number of anilines is 2. The first kappa shape index (κ1) is 32.1.